The van der Waals surface area contributed by atoms with Crippen LogP contribution in [0.5, 0.6) is 11.5 Å². The van der Waals surface area contributed by atoms with E-state index in [2.05, 4.69) is 15.0 Å². The van der Waals surface area contributed by atoms with Gasteiger partial charge in [0.05, 0.1) is 19.7 Å². The summed E-state index contributed by atoms with van der Waals surface area (Å²) in [6.07, 6.45) is 2.36. The summed E-state index contributed by atoms with van der Waals surface area (Å²) < 4.78 is 10.7. The molecule has 2 aromatic carbocycles. The first kappa shape index (κ1) is 18.7. The molecule has 6 heteroatoms. The van der Waals surface area contributed by atoms with E-state index in [1.54, 1.807) is 27.3 Å². The maximum Gasteiger partial charge on any atom is 0.177 e. The molecule has 0 saturated carbocycles. The fraction of sp³-hybridized carbons (Fsp3) is 0.174. The number of aromatic amines is 1. The van der Waals surface area contributed by atoms with Crippen LogP contribution in [0, 0.1) is 0 Å². The number of Topliss-reactive ketones (excluding diaryl/α,β-unsaturated/α-hetero) is 1. The molecule has 0 amide bonds. The fourth-order valence-corrected chi connectivity index (χ4v) is 3.41. The Hall–Kier alpha value is -3.67. The Kier molecular flexibility index (Phi) is 4.99. The van der Waals surface area contributed by atoms with Gasteiger partial charge in [-0.2, -0.15) is 0 Å². The molecule has 1 N–H and O–H groups in total. The van der Waals surface area contributed by atoms with E-state index in [0.717, 1.165) is 28.0 Å². The lowest BCUT2D eigenvalue weighted by Crippen LogP contribution is -1.96. The second kappa shape index (κ2) is 7.75. The van der Waals surface area contributed by atoms with Crippen LogP contribution in [0.15, 0.2) is 54.7 Å². The van der Waals surface area contributed by atoms with Gasteiger partial charge in [0.25, 0.3) is 0 Å². The third kappa shape index (κ3) is 3.69. The number of fused-ring (bicyclic) bond motifs is 1. The molecule has 0 bridgehead atoms. The van der Waals surface area contributed by atoms with E-state index in [0.29, 0.717) is 29.1 Å². The molecule has 0 spiro atoms. The average molecular weight is 387 g/mol. The molecule has 0 radical (unpaired) electrons. The van der Waals surface area contributed by atoms with Gasteiger partial charge in [-0.1, -0.05) is 30.3 Å². The molecule has 2 aromatic heterocycles. The summed E-state index contributed by atoms with van der Waals surface area (Å²) in [6.45, 7) is 1.57. The third-order valence-corrected chi connectivity index (χ3v) is 4.82. The molecule has 29 heavy (non-hydrogen) atoms. The van der Waals surface area contributed by atoms with Gasteiger partial charge in [-0.3, -0.25) is 4.79 Å². The van der Waals surface area contributed by atoms with Crippen LogP contribution in [0.4, 0.5) is 0 Å². The lowest BCUT2D eigenvalue weighted by atomic mass is 9.99. The number of carbonyl (C=O) groups is 1. The second-order valence-corrected chi connectivity index (χ2v) is 6.75. The number of imidazole rings is 1. The molecular formula is C23H21N3O3. The highest BCUT2D eigenvalue weighted by atomic mass is 16.5. The number of rotatable bonds is 6. The summed E-state index contributed by atoms with van der Waals surface area (Å²) in [7, 11) is 3.23. The Morgan fingerprint density at radius 2 is 1.83 bits per heavy atom. The van der Waals surface area contributed by atoms with Gasteiger partial charge in [0.15, 0.2) is 22.9 Å². The number of carbonyl (C=O) groups excluding carboxylic acids is 1. The van der Waals surface area contributed by atoms with Crippen LogP contribution in [-0.2, 0) is 6.42 Å². The minimum Gasteiger partial charge on any atom is -0.493 e. The van der Waals surface area contributed by atoms with Gasteiger partial charge in [-0.15, -0.1) is 0 Å². The minimum absolute atomic E-state index is 0.0273. The fourth-order valence-electron chi connectivity index (χ4n) is 3.41. The number of benzene rings is 2. The Morgan fingerprint density at radius 3 is 2.59 bits per heavy atom. The van der Waals surface area contributed by atoms with Gasteiger partial charge >= 0.3 is 0 Å². The second-order valence-electron chi connectivity index (χ2n) is 6.75. The van der Waals surface area contributed by atoms with Crippen LogP contribution < -0.4 is 9.47 Å². The van der Waals surface area contributed by atoms with Gasteiger partial charge in [-0.05, 0) is 36.2 Å². The van der Waals surface area contributed by atoms with Crippen molar-refractivity contribution >= 4 is 16.9 Å². The van der Waals surface area contributed by atoms with Crippen molar-refractivity contribution in [2.24, 2.45) is 0 Å². The zero-order valence-corrected chi connectivity index (χ0v) is 16.5. The molecule has 2 heterocycles. The summed E-state index contributed by atoms with van der Waals surface area (Å²) in [6, 6.07) is 15.3. The smallest absolute Gasteiger partial charge is 0.177 e. The Bertz CT molecular complexity index is 1200. The standard InChI is InChI=1S/C23H21N3O3/c1-14(27)17-6-4-5-7-18(17)16-12-19-23(24-13-16)26-22(25-19)11-15-8-9-20(28-2)21(10-15)29-3/h4-10,12-13H,11H2,1-3H3,(H,24,25,26). The molecule has 4 aromatic rings. The van der Waals surface area contributed by atoms with E-state index in [4.69, 9.17) is 9.47 Å². The first-order valence-corrected chi connectivity index (χ1v) is 9.25. The molecule has 4 rings (SSSR count). The summed E-state index contributed by atoms with van der Waals surface area (Å²) in [5.74, 6) is 2.20. The van der Waals surface area contributed by atoms with Gasteiger partial charge in [-0.25, -0.2) is 9.97 Å². The zero-order chi connectivity index (χ0) is 20.4. The van der Waals surface area contributed by atoms with Crippen LogP contribution >= 0.6 is 0 Å². The first-order valence-electron chi connectivity index (χ1n) is 9.25. The number of H-pyrrole nitrogens is 1. The lowest BCUT2D eigenvalue weighted by Gasteiger charge is -2.08. The van der Waals surface area contributed by atoms with Crippen LogP contribution in [0.2, 0.25) is 0 Å². The minimum atomic E-state index is 0.0273. The van der Waals surface area contributed by atoms with Gasteiger partial charge in [0, 0.05) is 23.7 Å². The summed E-state index contributed by atoms with van der Waals surface area (Å²) in [5.41, 5.74) is 4.94. The molecule has 0 fully saturated rings. The lowest BCUT2D eigenvalue weighted by molar-refractivity contribution is 0.101. The van der Waals surface area contributed by atoms with Crippen molar-refractivity contribution in [1.29, 1.82) is 0 Å². The van der Waals surface area contributed by atoms with Crippen molar-refractivity contribution in [1.82, 2.24) is 15.0 Å². The van der Waals surface area contributed by atoms with Crippen molar-refractivity contribution in [3.05, 3.63) is 71.7 Å². The van der Waals surface area contributed by atoms with Crippen LogP contribution in [0.1, 0.15) is 28.7 Å². The predicted molar refractivity (Wildman–Crippen MR) is 112 cm³/mol. The zero-order valence-electron chi connectivity index (χ0n) is 16.5. The molecule has 0 aliphatic carbocycles. The third-order valence-electron chi connectivity index (χ3n) is 4.82. The molecule has 0 aliphatic heterocycles. The van der Waals surface area contributed by atoms with Crippen molar-refractivity contribution in [3.63, 3.8) is 0 Å². The highest BCUT2D eigenvalue weighted by Crippen LogP contribution is 2.29. The van der Waals surface area contributed by atoms with Crippen molar-refractivity contribution in [2.75, 3.05) is 14.2 Å². The van der Waals surface area contributed by atoms with Gasteiger partial charge in [0.2, 0.25) is 0 Å². The van der Waals surface area contributed by atoms with E-state index in [1.807, 2.05) is 48.5 Å². The number of hydrogen-bond donors (Lipinski definition) is 1. The molecule has 0 aliphatic rings. The van der Waals surface area contributed by atoms with Gasteiger partial charge < -0.3 is 14.5 Å². The normalized spacial score (nSPS) is 10.9. The van der Waals surface area contributed by atoms with E-state index in [-0.39, 0.29) is 5.78 Å². The van der Waals surface area contributed by atoms with Crippen molar-refractivity contribution in [2.45, 2.75) is 13.3 Å². The topological polar surface area (TPSA) is 77.1 Å². The number of ketones is 1. The molecule has 0 atom stereocenters. The predicted octanol–water partition coefficient (Wildman–Crippen LogP) is 4.44. The molecule has 0 unspecified atom stereocenters. The molecular weight excluding hydrogens is 366 g/mol. The van der Waals surface area contributed by atoms with Crippen molar-refractivity contribution in [3.8, 4) is 22.6 Å². The van der Waals surface area contributed by atoms with E-state index in [9.17, 15) is 4.79 Å². The largest absolute Gasteiger partial charge is 0.493 e. The SMILES string of the molecule is COc1ccc(Cc2nc3ncc(-c4ccccc4C(C)=O)cc3[nH]2)cc1OC. The van der Waals surface area contributed by atoms with E-state index >= 15 is 0 Å². The molecule has 0 saturated heterocycles. The monoisotopic (exact) mass is 387 g/mol. The number of methoxy groups -OCH3 is 2. The van der Waals surface area contributed by atoms with Gasteiger partial charge in [0.1, 0.15) is 5.82 Å². The Labute approximate surface area is 168 Å². The highest BCUT2D eigenvalue weighted by Gasteiger charge is 2.12. The van der Waals surface area contributed by atoms with E-state index < -0.39 is 0 Å². The first-order chi connectivity index (χ1) is 14.1. The van der Waals surface area contributed by atoms with E-state index in [1.165, 1.54) is 0 Å². The average Bonchev–Trinajstić information content (AvgIpc) is 3.14. The molecule has 146 valence electrons. The molecule has 6 nitrogen and oxygen atoms in total. The summed E-state index contributed by atoms with van der Waals surface area (Å²) >= 11 is 0. The number of aromatic nitrogens is 3. The Balaban J connectivity index is 1.67. The number of nitrogens with zero attached hydrogens (tertiary/aromatic N) is 2. The summed E-state index contributed by atoms with van der Waals surface area (Å²) in [4.78, 5) is 24.4. The number of pyridine rings is 1. The highest BCUT2D eigenvalue weighted by molar-refractivity contribution is 6.01. The van der Waals surface area contributed by atoms with Crippen LogP contribution in [-0.4, -0.2) is 35.0 Å². The Morgan fingerprint density at radius 1 is 1.03 bits per heavy atom. The number of ether oxygens (including phenoxy) is 2. The van der Waals surface area contributed by atoms with Crippen LogP contribution in [0.25, 0.3) is 22.3 Å². The maximum atomic E-state index is 11.9. The summed E-state index contributed by atoms with van der Waals surface area (Å²) in [5, 5.41) is 0. The quantitative estimate of drug-likeness (QED) is 0.495. The maximum absolute atomic E-state index is 11.9. The number of hydrogen-bond acceptors (Lipinski definition) is 5. The number of nitrogens with one attached hydrogen (secondary N) is 1. The van der Waals surface area contributed by atoms with Crippen molar-refractivity contribution < 1.29 is 14.3 Å². The van der Waals surface area contributed by atoms with Crippen LogP contribution in [0.3, 0.4) is 0 Å².